The van der Waals surface area contributed by atoms with Crippen LogP contribution in [0.1, 0.15) is 70.6 Å². The fourth-order valence-corrected chi connectivity index (χ4v) is 2.11. The van der Waals surface area contributed by atoms with E-state index in [0.29, 0.717) is 25.2 Å². The van der Waals surface area contributed by atoms with Crippen LogP contribution < -0.4 is 0 Å². The molecule has 0 aliphatic carbocycles. The summed E-state index contributed by atoms with van der Waals surface area (Å²) in [5, 5.41) is 0. The molecule has 1 aliphatic heterocycles. The molecule has 1 heterocycles. The summed E-state index contributed by atoms with van der Waals surface area (Å²) in [6.45, 7) is 0.521. The minimum atomic E-state index is -0.0593. The smallest absolute Gasteiger partial charge is 0.305 e. The third kappa shape index (κ3) is 7.94. The predicted octanol–water partition coefficient (Wildman–Crippen LogP) is 3.40. The number of carbonyl (C=O) groups excluding carboxylic acids is 2. The second kappa shape index (κ2) is 9.20. The molecule has 0 N–H and O–H groups in total. The zero-order valence-electron chi connectivity index (χ0n) is 10.7. The van der Waals surface area contributed by atoms with Crippen molar-refractivity contribution in [2.75, 3.05) is 6.61 Å². The number of cyclic esters (lactones) is 1. The Bertz CT molecular complexity index is 212. The largest absolute Gasteiger partial charge is 0.466 e. The van der Waals surface area contributed by atoms with Crippen molar-refractivity contribution in [1.82, 2.24) is 0 Å². The molecule has 3 heteroatoms. The average Bonchev–Trinajstić information content (AvgIpc) is 2.32. The van der Waals surface area contributed by atoms with Crippen LogP contribution >= 0.6 is 0 Å². The molecule has 0 amide bonds. The summed E-state index contributed by atoms with van der Waals surface area (Å²) in [7, 11) is 0. The highest BCUT2D eigenvalue weighted by atomic mass is 16.5. The highest BCUT2D eigenvalue weighted by Crippen LogP contribution is 2.11. The van der Waals surface area contributed by atoms with E-state index in [4.69, 9.17) is 4.74 Å². The molecule has 0 radical (unpaired) electrons. The number of hydrogen-bond donors (Lipinski definition) is 0. The van der Waals surface area contributed by atoms with Crippen LogP contribution in [-0.4, -0.2) is 18.4 Å². The third-order valence-electron chi connectivity index (χ3n) is 3.20. The van der Waals surface area contributed by atoms with E-state index in [2.05, 4.69) is 0 Å². The maximum absolute atomic E-state index is 11.5. The van der Waals surface area contributed by atoms with Crippen molar-refractivity contribution >= 4 is 11.8 Å². The Morgan fingerprint density at radius 3 is 1.88 bits per heavy atom. The minimum absolute atomic E-state index is 0.0593. The highest BCUT2D eigenvalue weighted by Gasteiger charge is 2.05. The van der Waals surface area contributed by atoms with Gasteiger partial charge in [-0.25, -0.2) is 0 Å². The van der Waals surface area contributed by atoms with E-state index in [1.807, 2.05) is 0 Å². The monoisotopic (exact) mass is 240 g/mol. The second-order valence-corrected chi connectivity index (χ2v) is 4.84. The Hall–Kier alpha value is -0.860. The first-order valence-corrected chi connectivity index (χ1v) is 6.96. The molecule has 1 saturated heterocycles. The van der Waals surface area contributed by atoms with Crippen molar-refractivity contribution < 1.29 is 14.3 Å². The summed E-state index contributed by atoms with van der Waals surface area (Å²) in [5.41, 5.74) is 0. The summed E-state index contributed by atoms with van der Waals surface area (Å²) >= 11 is 0. The zero-order valence-corrected chi connectivity index (χ0v) is 10.7. The van der Waals surface area contributed by atoms with E-state index in [9.17, 15) is 9.59 Å². The zero-order chi connectivity index (χ0) is 12.3. The van der Waals surface area contributed by atoms with Gasteiger partial charge in [-0.1, -0.05) is 19.3 Å². The number of hydrogen-bond acceptors (Lipinski definition) is 3. The van der Waals surface area contributed by atoms with E-state index in [0.717, 1.165) is 57.8 Å². The molecule has 0 unspecified atom stereocenters. The van der Waals surface area contributed by atoms with Crippen LogP contribution in [0.3, 0.4) is 0 Å². The van der Waals surface area contributed by atoms with Gasteiger partial charge in [-0.15, -0.1) is 0 Å². The topological polar surface area (TPSA) is 43.4 Å². The fraction of sp³-hybridized carbons (Fsp3) is 0.857. The van der Waals surface area contributed by atoms with Crippen LogP contribution in [0.2, 0.25) is 0 Å². The van der Waals surface area contributed by atoms with Crippen molar-refractivity contribution in [3.05, 3.63) is 0 Å². The molecule has 1 rings (SSSR count). The first-order chi connectivity index (χ1) is 8.29. The Labute approximate surface area is 104 Å². The van der Waals surface area contributed by atoms with Gasteiger partial charge in [0.2, 0.25) is 0 Å². The van der Waals surface area contributed by atoms with Gasteiger partial charge in [0.1, 0.15) is 5.78 Å². The van der Waals surface area contributed by atoms with Crippen LogP contribution in [0.4, 0.5) is 0 Å². The standard InChI is InChI=1S/C14H24O3/c15-13-9-5-2-1-3-7-11-14(16)17-12-8-4-6-10-13/h1-12H2. The minimum Gasteiger partial charge on any atom is -0.466 e. The molecule has 0 bridgehead atoms. The van der Waals surface area contributed by atoms with Crippen molar-refractivity contribution in [2.45, 2.75) is 70.6 Å². The van der Waals surface area contributed by atoms with Gasteiger partial charge in [0.15, 0.2) is 0 Å². The molecular formula is C14H24O3. The summed E-state index contributed by atoms with van der Waals surface area (Å²) < 4.78 is 5.12. The third-order valence-corrected chi connectivity index (χ3v) is 3.20. The number of ketones is 1. The van der Waals surface area contributed by atoms with E-state index in [1.54, 1.807) is 0 Å². The maximum atomic E-state index is 11.5. The van der Waals surface area contributed by atoms with E-state index in [-0.39, 0.29) is 5.97 Å². The summed E-state index contributed by atoms with van der Waals surface area (Å²) in [6, 6.07) is 0. The van der Waals surface area contributed by atoms with Gasteiger partial charge in [-0.3, -0.25) is 9.59 Å². The lowest BCUT2D eigenvalue weighted by Crippen LogP contribution is -2.05. The first-order valence-electron chi connectivity index (χ1n) is 6.96. The first kappa shape index (κ1) is 14.2. The fourth-order valence-electron chi connectivity index (χ4n) is 2.11. The van der Waals surface area contributed by atoms with Crippen LogP contribution in [0, 0.1) is 0 Å². The van der Waals surface area contributed by atoms with Crippen LogP contribution in [0.5, 0.6) is 0 Å². The average molecular weight is 240 g/mol. The lowest BCUT2D eigenvalue weighted by Gasteiger charge is -2.04. The van der Waals surface area contributed by atoms with Crippen LogP contribution in [0.25, 0.3) is 0 Å². The van der Waals surface area contributed by atoms with Gasteiger partial charge in [0.25, 0.3) is 0 Å². The number of esters is 1. The van der Waals surface area contributed by atoms with Crippen LogP contribution in [-0.2, 0) is 14.3 Å². The van der Waals surface area contributed by atoms with Gasteiger partial charge in [0, 0.05) is 19.3 Å². The quantitative estimate of drug-likeness (QED) is 0.609. The Kier molecular flexibility index (Phi) is 7.69. The normalized spacial score (nSPS) is 22.4. The second-order valence-electron chi connectivity index (χ2n) is 4.84. The lowest BCUT2D eigenvalue weighted by molar-refractivity contribution is -0.144. The molecule has 1 fully saturated rings. The predicted molar refractivity (Wildman–Crippen MR) is 66.8 cm³/mol. The van der Waals surface area contributed by atoms with Gasteiger partial charge in [-0.2, -0.15) is 0 Å². The number of rotatable bonds is 0. The van der Waals surface area contributed by atoms with Gasteiger partial charge >= 0.3 is 5.97 Å². The van der Waals surface area contributed by atoms with Crippen LogP contribution in [0.15, 0.2) is 0 Å². The molecule has 1 aliphatic rings. The Morgan fingerprint density at radius 2 is 1.18 bits per heavy atom. The summed E-state index contributed by atoms with van der Waals surface area (Å²) in [5.74, 6) is 0.341. The lowest BCUT2D eigenvalue weighted by atomic mass is 10.0. The number of Topliss-reactive ketones (excluding diaryl/α,β-unsaturated/α-hetero) is 1. The van der Waals surface area contributed by atoms with E-state index in [1.165, 1.54) is 0 Å². The molecule has 0 spiro atoms. The SMILES string of the molecule is O=C1CCCCCCCC(=O)OCCCCC1. The highest BCUT2D eigenvalue weighted by molar-refractivity contribution is 5.78. The number of ether oxygens (including phenoxy) is 1. The molecule has 98 valence electrons. The molecule has 0 aromatic carbocycles. The van der Waals surface area contributed by atoms with Crippen molar-refractivity contribution in [2.24, 2.45) is 0 Å². The molecular weight excluding hydrogens is 216 g/mol. The molecule has 0 atom stereocenters. The van der Waals surface area contributed by atoms with E-state index < -0.39 is 0 Å². The van der Waals surface area contributed by atoms with E-state index >= 15 is 0 Å². The Balaban J connectivity index is 2.23. The van der Waals surface area contributed by atoms with Gasteiger partial charge in [-0.05, 0) is 32.1 Å². The van der Waals surface area contributed by atoms with Crippen molar-refractivity contribution in [3.63, 3.8) is 0 Å². The number of carbonyl (C=O) groups is 2. The molecule has 0 aromatic rings. The van der Waals surface area contributed by atoms with Crippen molar-refractivity contribution in [3.8, 4) is 0 Å². The molecule has 0 aromatic heterocycles. The molecule has 3 nitrogen and oxygen atoms in total. The Morgan fingerprint density at radius 1 is 0.647 bits per heavy atom. The summed E-state index contributed by atoms with van der Waals surface area (Å²) in [6.07, 6.45) is 10.1. The summed E-state index contributed by atoms with van der Waals surface area (Å²) in [4.78, 5) is 22.8. The molecule has 17 heavy (non-hydrogen) atoms. The molecule has 0 saturated carbocycles. The van der Waals surface area contributed by atoms with Crippen molar-refractivity contribution in [1.29, 1.82) is 0 Å². The van der Waals surface area contributed by atoms with Gasteiger partial charge < -0.3 is 4.74 Å². The maximum Gasteiger partial charge on any atom is 0.305 e. The van der Waals surface area contributed by atoms with Gasteiger partial charge in [0.05, 0.1) is 6.61 Å².